The van der Waals surface area contributed by atoms with Gasteiger partial charge in [-0.3, -0.25) is 4.79 Å². The average molecular weight is 347 g/mol. The summed E-state index contributed by atoms with van der Waals surface area (Å²) in [6.07, 6.45) is 0. The first-order valence-electron chi connectivity index (χ1n) is 7.51. The zero-order chi connectivity index (χ0) is 18.0. The number of anilines is 1. The standard InChI is InChI=1S/C18H21NO4S/c1-13(20)19-15-8-10-17(11-9-15)24(21,22)23-16-7-5-6-14(12-16)18(2,3)4/h5-12H,1-4H3,(H,19,20). The smallest absolute Gasteiger partial charge is 0.339 e. The predicted octanol–water partition coefficient (Wildman–Crippen LogP) is 3.71. The Balaban J connectivity index is 2.24. The van der Waals surface area contributed by atoms with E-state index in [9.17, 15) is 13.2 Å². The fourth-order valence-electron chi connectivity index (χ4n) is 2.10. The van der Waals surface area contributed by atoms with Crippen LogP contribution in [0.3, 0.4) is 0 Å². The highest BCUT2D eigenvalue weighted by Crippen LogP contribution is 2.27. The van der Waals surface area contributed by atoms with Crippen molar-refractivity contribution in [3.63, 3.8) is 0 Å². The van der Waals surface area contributed by atoms with Crippen LogP contribution in [-0.4, -0.2) is 14.3 Å². The van der Waals surface area contributed by atoms with Gasteiger partial charge in [0.05, 0.1) is 0 Å². The van der Waals surface area contributed by atoms with E-state index < -0.39 is 10.1 Å². The second-order valence-electron chi connectivity index (χ2n) is 6.52. The molecule has 6 heteroatoms. The molecule has 0 radical (unpaired) electrons. The van der Waals surface area contributed by atoms with Crippen molar-refractivity contribution in [3.8, 4) is 5.75 Å². The fourth-order valence-corrected chi connectivity index (χ4v) is 3.02. The molecule has 1 amide bonds. The van der Waals surface area contributed by atoms with Crippen LogP contribution in [0.5, 0.6) is 5.75 Å². The van der Waals surface area contributed by atoms with E-state index in [4.69, 9.17) is 4.18 Å². The van der Waals surface area contributed by atoms with Gasteiger partial charge in [-0.2, -0.15) is 8.42 Å². The molecule has 0 aliphatic rings. The van der Waals surface area contributed by atoms with Crippen molar-refractivity contribution in [2.45, 2.75) is 38.0 Å². The molecular formula is C18H21NO4S. The molecule has 0 saturated carbocycles. The number of nitrogens with one attached hydrogen (secondary N) is 1. The van der Waals surface area contributed by atoms with Crippen LogP contribution >= 0.6 is 0 Å². The molecule has 0 spiro atoms. The molecule has 0 aliphatic heterocycles. The highest BCUT2D eigenvalue weighted by molar-refractivity contribution is 7.87. The number of carbonyl (C=O) groups excluding carboxylic acids is 1. The highest BCUT2D eigenvalue weighted by atomic mass is 32.2. The molecule has 0 atom stereocenters. The molecule has 1 N–H and O–H groups in total. The molecule has 2 aromatic rings. The molecule has 0 aliphatic carbocycles. The van der Waals surface area contributed by atoms with Gasteiger partial charge in [0.1, 0.15) is 10.6 Å². The van der Waals surface area contributed by atoms with Crippen molar-refractivity contribution >= 4 is 21.7 Å². The van der Waals surface area contributed by atoms with Crippen molar-refractivity contribution in [3.05, 3.63) is 54.1 Å². The minimum Gasteiger partial charge on any atom is -0.379 e. The second kappa shape index (κ2) is 6.65. The van der Waals surface area contributed by atoms with E-state index in [2.05, 4.69) is 5.32 Å². The lowest BCUT2D eigenvalue weighted by Gasteiger charge is -2.19. The van der Waals surface area contributed by atoms with Gasteiger partial charge in [-0.1, -0.05) is 32.9 Å². The minimum atomic E-state index is -3.93. The Kier molecular flexibility index (Phi) is 4.99. The number of carbonyl (C=O) groups is 1. The summed E-state index contributed by atoms with van der Waals surface area (Å²) in [4.78, 5) is 11.0. The molecule has 128 valence electrons. The lowest BCUT2D eigenvalue weighted by Crippen LogP contribution is -2.13. The molecule has 2 aromatic carbocycles. The second-order valence-corrected chi connectivity index (χ2v) is 8.07. The summed E-state index contributed by atoms with van der Waals surface area (Å²) in [5.41, 5.74) is 1.40. The van der Waals surface area contributed by atoms with E-state index in [0.717, 1.165) is 5.56 Å². The van der Waals surface area contributed by atoms with E-state index in [-0.39, 0.29) is 22.0 Å². The first-order chi connectivity index (χ1) is 11.1. The van der Waals surface area contributed by atoms with E-state index >= 15 is 0 Å². The number of benzene rings is 2. The van der Waals surface area contributed by atoms with Gasteiger partial charge in [0, 0.05) is 12.6 Å². The number of hydrogen-bond acceptors (Lipinski definition) is 4. The van der Waals surface area contributed by atoms with Crippen LogP contribution in [0.4, 0.5) is 5.69 Å². The Hall–Kier alpha value is -2.34. The van der Waals surface area contributed by atoms with E-state index in [0.29, 0.717) is 5.69 Å². The summed E-state index contributed by atoms with van der Waals surface area (Å²) in [6, 6.07) is 12.9. The summed E-state index contributed by atoms with van der Waals surface area (Å²) in [7, 11) is -3.93. The summed E-state index contributed by atoms with van der Waals surface area (Å²) in [6.45, 7) is 7.51. The third kappa shape index (κ3) is 4.58. The first-order valence-corrected chi connectivity index (χ1v) is 8.91. The largest absolute Gasteiger partial charge is 0.379 e. The third-order valence-corrected chi connectivity index (χ3v) is 4.63. The number of rotatable bonds is 4. The van der Waals surface area contributed by atoms with Gasteiger partial charge >= 0.3 is 10.1 Å². The van der Waals surface area contributed by atoms with Crippen molar-refractivity contribution in [2.24, 2.45) is 0 Å². The van der Waals surface area contributed by atoms with E-state index in [1.165, 1.54) is 31.2 Å². The normalized spacial score (nSPS) is 11.8. The average Bonchev–Trinajstić information content (AvgIpc) is 2.46. The monoisotopic (exact) mass is 347 g/mol. The molecule has 0 heterocycles. The Labute approximate surface area is 142 Å². The van der Waals surface area contributed by atoms with Crippen LogP contribution in [0, 0.1) is 0 Å². The van der Waals surface area contributed by atoms with Crippen LogP contribution in [0.15, 0.2) is 53.4 Å². The Morgan fingerprint density at radius 3 is 2.21 bits per heavy atom. The lowest BCUT2D eigenvalue weighted by molar-refractivity contribution is -0.114. The Morgan fingerprint density at radius 1 is 1.04 bits per heavy atom. The van der Waals surface area contributed by atoms with Gasteiger partial charge in [0.15, 0.2) is 0 Å². The zero-order valence-corrected chi connectivity index (χ0v) is 15.0. The van der Waals surface area contributed by atoms with Gasteiger partial charge < -0.3 is 9.50 Å². The van der Waals surface area contributed by atoms with Gasteiger partial charge in [0.2, 0.25) is 5.91 Å². The first kappa shape index (κ1) is 18.0. The van der Waals surface area contributed by atoms with Crippen molar-refractivity contribution < 1.29 is 17.4 Å². The molecule has 5 nitrogen and oxygen atoms in total. The van der Waals surface area contributed by atoms with E-state index in [1.54, 1.807) is 18.2 Å². The van der Waals surface area contributed by atoms with Crippen LogP contribution in [0.2, 0.25) is 0 Å². The fraction of sp³-hybridized carbons (Fsp3) is 0.278. The topological polar surface area (TPSA) is 72.5 Å². The maximum absolute atomic E-state index is 12.4. The molecule has 0 saturated heterocycles. The molecule has 24 heavy (non-hydrogen) atoms. The van der Waals surface area contributed by atoms with Crippen molar-refractivity contribution in [1.82, 2.24) is 0 Å². The van der Waals surface area contributed by atoms with Gasteiger partial charge in [-0.15, -0.1) is 0 Å². The SMILES string of the molecule is CC(=O)Nc1ccc(S(=O)(=O)Oc2cccc(C(C)(C)C)c2)cc1. The van der Waals surface area contributed by atoms with Crippen LogP contribution in [0.1, 0.15) is 33.3 Å². The molecule has 0 bridgehead atoms. The lowest BCUT2D eigenvalue weighted by atomic mass is 9.87. The third-order valence-electron chi connectivity index (χ3n) is 3.37. The molecular weight excluding hydrogens is 326 g/mol. The number of hydrogen-bond donors (Lipinski definition) is 1. The Bertz CT molecular complexity index is 834. The van der Waals surface area contributed by atoms with Gasteiger partial charge in [-0.05, 0) is 47.4 Å². The number of amides is 1. The van der Waals surface area contributed by atoms with Crippen LogP contribution in [-0.2, 0) is 20.3 Å². The highest BCUT2D eigenvalue weighted by Gasteiger charge is 2.19. The van der Waals surface area contributed by atoms with Gasteiger partial charge in [0.25, 0.3) is 0 Å². The molecule has 0 unspecified atom stereocenters. The predicted molar refractivity (Wildman–Crippen MR) is 93.7 cm³/mol. The summed E-state index contributed by atoms with van der Waals surface area (Å²) < 4.78 is 30.0. The van der Waals surface area contributed by atoms with E-state index in [1.807, 2.05) is 26.8 Å². The maximum atomic E-state index is 12.4. The van der Waals surface area contributed by atoms with Crippen LogP contribution < -0.4 is 9.50 Å². The zero-order valence-electron chi connectivity index (χ0n) is 14.2. The minimum absolute atomic E-state index is 0.0257. The van der Waals surface area contributed by atoms with Crippen molar-refractivity contribution in [1.29, 1.82) is 0 Å². The Morgan fingerprint density at radius 2 is 1.67 bits per heavy atom. The molecule has 2 rings (SSSR count). The quantitative estimate of drug-likeness (QED) is 0.856. The maximum Gasteiger partial charge on any atom is 0.339 e. The van der Waals surface area contributed by atoms with Gasteiger partial charge in [-0.25, -0.2) is 0 Å². The van der Waals surface area contributed by atoms with Crippen LogP contribution in [0.25, 0.3) is 0 Å². The summed E-state index contributed by atoms with van der Waals surface area (Å²) >= 11 is 0. The molecule has 0 aromatic heterocycles. The summed E-state index contributed by atoms with van der Waals surface area (Å²) in [5.74, 6) is 0.0502. The molecule has 0 fully saturated rings. The summed E-state index contributed by atoms with van der Waals surface area (Å²) in [5, 5.41) is 2.58. The van der Waals surface area contributed by atoms with Crippen molar-refractivity contribution in [2.75, 3.05) is 5.32 Å².